The molecule has 0 aliphatic rings. The first kappa shape index (κ1) is 18.9. The van der Waals surface area contributed by atoms with E-state index in [1.165, 1.54) is 0 Å². The number of hydrogen-bond donors (Lipinski definition) is 3. The standard InChI is InChI=1S/C15H20N6O.HI/c1-17-15(19-10-13-7-8-20-21(13)2)18-9-11-3-5-12(6-4-11)14(16)22;/h3-8H,9-10H2,1-2H3,(H2,16,22)(H2,17,18,19);1H. The average molecular weight is 428 g/mol. The van der Waals surface area contributed by atoms with Gasteiger partial charge in [-0.25, -0.2) is 0 Å². The van der Waals surface area contributed by atoms with E-state index < -0.39 is 5.91 Å². The maximum Gasteiger partial charge on any atom is 0.248 e. The van der Waals surface area contributed by atoms with Crippen molar-refractivity contribution in [1.82, 2.24) is 20.4 Å². The van der Waals surface area contributed by atoms with Gasteiger partial charge in [0.15, 0.2) is 5.96 Å². The van der Waals surface area contributed by atoms with Crippen molar-refractivity contribution in [1.29, 1.82) is 0 Å². The molecule has 0 bridgehead atoms. The molecule has 124 valence electrons. The molecule has 7 nitrogen and oxygen atoms in total. The average Bonchev–Trinajstić information content (AvgIpc) is 2.93. The van der Waals surface area contributed by atoms with E-state index in [0.29, 0.717) is 24.6 Å². The number of aryl methyl sites for hydroxylation is 1. The normalized spacial score (nSPS) is 10.8. The summed E-state index contributed by atoms with van der Waals surface area (Å²) >= 11 is 0. The smallest absolute Gasteiger partial charge is 0.248 e. The fourth-order valence-corrected chi connectivity index (χ4v) is 1.94. The third-order valence-corrected chi connectivity index (χ3v) is 3.28. The molecule has 0 atom stereocenters. The van der Waals surface area contributed by atoms with E-state index in [9.17, 15) is 4.79 Å². The molecule has 0 radical (unpaired) electrons. The summed E-state index contributed by atoms with van der Waals surface area (Å²) in [6.45, 7) is 1.24. The lowest BCUT2D eigenvalue weighted by Gasteiger charge is -2.12. The molecule has 0 unspecified atom stereocenters. The molecule has 1 amide bonds. The van der Waals surface area contributed by atoms with Crippen LogP contribution in [0.4, 0.5) is 0 Å². The first-order valence-electron chi connectivity index (χ1n) is 6.90. The zero-order valence-corrected chi connectivity index (χ0v) is 15.4. The lowest BCUT2D eigenvalue weighted by molar-refractivity contribution is 0.100. The summed E-state index contributed by atoms with van der Waals surface area (Å²) in [6, 6.07) is 9.10. The van der Waals surface area contributed by atoms with Crippen LogP contribution in [0.25, 0.3) is 0 Å². The highest BCUT2D eigenvalue weighted by molar-refractivity contribution is 14.0. The van der Waals surface area contributed by atoms with Gasteiger partial charge in [0, 0.05) is 32.4 Å². The van der Waals surface area contributed by atoms with E-state index in [2.05, 4.69) is 20.7 Å². The van der Waals surface area contributed by atoms with Crippen LogP contribution in [0.3, 0.4) is 0 Å². The van der Waals surface area contributed by atoms with Crippen LogP contribution in [0.15, 0.2) is 41.5 Å². The minimum Gasteiger partial charge on any atom is -0.366 e. The molecule has 1 heterocycles. The number of guanidine groups is 1. The summed E-state index contributed by atoms with van der Waals surface area (Å²) in [6.07, 6.45) is 1.76. The largest absolute Gasteiger partial charge is 0.366 e. The number of benzene rings is 1. The minimum atomic E-state index is -0.423. The Morgan fingerprint density at radius 1 is 1.22 bits per heavy atom. The molecule has 0 aliphatic heterocycles. The van der Waals surface area contributed by atoms with E-state index in [-0.39, 0.29) is 24.0 Å². The third-order valence-electron chi connectivity index (χ3n) is 3.28. The Morgan fingerprint density at radius 3 is 2.39 bits per heavy atom. The predicted molar refractivity (Wildman–Crippen MR) is 101 cm³/mol. The summed E-state index contributed by atoms with van der Waals surface area (Å²) in [4.78, 5) is 15.2. The molecule has 0 fully saturated rings. The monoisotopic (exact) mass is 428 g/mol. The van der Waals surface area contributed by atoms with E-state index in [1.54, 1.807) is 25.4 Å². The predicted octanol–water partition coefficient (Wildman–Crippen LogP) is 1.00. The number of amides is 1. The van der Waals surface area contributed by atoms with E-state index in [0.717, 1.165) is 11.3 Å². The van der Waals surface area contributed by atoms with Gasteiger partial charge >= 0.3 is 0 Å². The van der Waals surface area contributed by atoms with Crippen LogP contribution >= 0.6 is 24.0 Å². The van der Waals surface area contributed by atoms with Crippen molar-refractivity contribution < 1.29 is 4.79 Å². The number of primary amides is 1. The van der Waals surface area contributed by atoms with Crippen LogP contribution in [0.2, 0.25) is 0 Å². The Bertz CT molecular complexity index is 665. The van der Waals surface area contributed by atoms with Gasteiger partial charge in [0.25, 0.3) is 0 Å². The maximum absolute atomic E-state index is 11.0. The number of aromatic nitrogens is 2. The molecule has 0 aliphatic carbocycles. The highest BCUT2D eigenvalue weighted by Gasteiger charge is 2.03. The highest BCUT2D eigenvalue weighted by Crippen LogP contribution is 2.03. The van der Waals surface area contributed by atoms with Crippen LogP contribution in [0.5, 0.6) is 0 Å². The van der Waals surface area contributed by atoms with Gasteiger partial charge in [0.05, 0.1) is 12.2 Å². The lowest BCUT2D eigenvalue weighted by Crippen LogP contribution is -2.36. The fourth-order valence-electron chi connectivity index (χ4n) is 1.94. The molecular formula is C15H21IN6O. The molecule has 2 aromatic rings. The number of carbonyl (C=O) groups is 1. The van der Waals surface area contributed by atoms with Crippen molar-refractivity contribution in [3.05, 3.63) is 53.3 Å². The third kappa shape index (κ3) is 5.55. The molecule has 1 aromatic carbocycles. The van der Waals surface area contributed by atoms with E-state index in [1.807, 2.05) is 29.9 Å². The number of nitrogens with zero attached hydrogens (tertiary/aromatic N) is 3. The number of nitrogens with two attached hydrogens (primary N) is 1. The van der Waals surface area contributed by atoms with Gasteiger partial charge in [0.2, 0.25) is 5.91 Å². The summed E-state index contributed by atoms with van der Waals surface area (Å²) in [5.74, 6) is 0.272. The summed E-state index contributed by atoms with van der Waals surface area (Å²) in [5.41, 5.74) is 7.82. The Kier molecular flexibility index (Phi) is 7.52. The van der Waals surface area contributed by atoms with Crippen LogP contribution in [-0.4, -0.2) is 28.7 Å². The second-order valence-electron chi connectivity index (χ2n) is 4.79. The fraction of sp³-hybridized carbons (Fsp3) is 0.267. The van der Waals surface area contributed by atoms with Crippen LogP contribution < -0.4 is 16.4 Å². The molecule has 0 spiro atoms. The maximum atomic E-state index is 11.0. The second kappa shape index (κ2) is 9.13. The molecule has 4 N–H and O–H groups in total. The zero-order valence-electron chi connectivity index (χ0n) is 13.1. The zero-order chi connectivity index (χ0) is 15.9. The van der Waals surface area contributed by atoms with Crippen molar-refractivity contribution in [2.24, 2.45) is 17.8 Å². The van der Waals surface area contributed by atoms with Gasteiger partial charge in [-0.15, -0.1) is 24.0 Å². The minimum absolute atomic E-state index is 0. The summed E-state index contributed by atoms with van der Waals surface area (Å²) in [7, 11) is 3.61. The molecular weight excluding hydrogens is 407 g/mol. The highest BCUT2D eigenvalue weighted by atomic mass is 127. The molecule has 1 aromatic heterocycles. The summed E-state index contributed by atoms with van der Waals surface area (Å²) < 4.78 is 1.81. The van der Waals surface area contributed by atoms with Crippen LogP contribution in [0.1, 0.15) is 21.6 Å². The Hall–Kier alpha value is -2.10. The molecule has 2 rings (SSSR count). The number of rotatable bonds is 5. The first-order valence-corrected chi connectivity index (χ1v) is 6.90. The number of carbonyl (C=O) groups excluding carboxylic acids is 1. The second-order valence-corrected chi connectivity index (χ2v) is 4.79. The topological polar surface area (TPSA) is 97.3 Å². The van der Waals surface area contributed by atoms with E-state index in [4.69, 9.17) is 5.73 Å². The SMILES string of the molecule is CN=C(NCc1ccc(C(N)=O)cc1)NCc1ccnn1C.I. The molecule has 0 saturated carbocycles. The summed E-state index contributed by atoms with van der Waals surface area (Å²) in [5, 5.41) is 10.5. The Balaban J connectivity index is 0.00000264. The first-order chi connectivity index (χ1) is 10.6. The Morgan fingerprint density at radius 2 is 1.87 bits per heavy atom. The number of aliphatic imine (C=N–C) groups is 1. The van der Waals surface area contributed by atoms with Gasteiger partial charge in [-0.3, -0.25) is 14.5 Å². The van der Waals surface area contributed by atoms with Crippen LogP contribution in [0, 0.1) is 0 Å². The molecule has 8 heteroatoms. The quantitative estimate of drug-likeness (QED) is 0.376. The Labute approximate surface area is 152 Å². The van der Waals surface area contributed by atoms with Gasteiger partial charge in [-0.1, -0.05) is 12.1 Å². The van der Waals surface area contributed by atoms with Crippen molar-refractivity contribution in [2.45, 2.75) is 13.1 Å². The number of halogens is 1. The van der Waals surface area contributed by atoms with Gasteiger partial charge in [0.1, 0.15) is 0 Å². The van der Waals surface area contributed by atoms with Crippen LogP contribution in [-0.2, 0) is 20.1 Å². The van der Waals surface area contributed by atoms with E-state index >= 15 is 0 Å². The number of nitrogens with one attached hydrogen (secondary N) is 2. The van der Waals surface area contributed by atoms with Crippen molar-refractivity contribution >= 4 is 35.8 Å². The number of hydrogen-bond acceptors (Lipinski definition) is 3. The molecule has 0 saturated heterocycles. The molecule has 23 heavy (non-hydrogen) atoms. The van der Waals surface area contributed by atoms with Crippen molar-refractivity contribution in [3.63, 3.8) is 0 Å². The van der Waals surface area contributed by atoms with Gasteiger partial charge in [-0.2, -0.15) is 5.10 Å². The van der Waals surface area contributed by atoms with Gasteiger partial charge < -0.3 is 16.4 Å². The van der Waals surface area contributed by atoms with Gasteiger partial charge in [-0.05, 0) is 23.8 Å². The van der Waals surface area contributed by atoms with Crippen molar-refractivity contribution in [3.8, 4) is 0 Å². The van der Waals surface area contributed by atoms with Crippen molar-refractivity contribution in [2.75, 3.05) is 7.05 Å². The lowest BCUT2D eigenvalue weighted by atomic mass is 10.1.